The lowest BCUT2D eigenvalue weighted by Gasteiger charge is -2.25. The topological polar surface area (TPSA) is 92.8 Å². The number of esters is 1. The van der Waals surface area contributed by atoms with E-state index in [0.717, 1.165) is 10.5 Å². The summed E-state index contributed by atoms with van der Waals surface area (Å²) in [5.74, 6) is -2.99. The normalized spacial score (nSPS) is 20.1. The molecular weight excluding hydrogens is 456 g/mol. The highest BCUT2D eigenvalue weighted by Gasteiger charge is 2.51. The van der Waals surface area contributed by atoms with E-state index in [1.54, 1.807) is 25.1 Å². The molecule has 0 unspecified atom stereocenters. The number of nitrogens with zero attached hydrogens (tertiary/aromatic N) is 1. The van der Waals surface area contributed by atoms with Gasteiger partial charge in [0.15, 0.2) is 6.61 Å². The Hall–Kier alpha value is -3.45. The van der Waals surface area contributed by atoms with Gasteiger partial charge >= 0.3 is 5.97 Å². The molecule has 0 spiro atoms. The number of hydrogen-bond donors (Lipinski definition) is 1. The Morgan fingerprint density at radius 2 is 1.68 bits per heavy atom. The number of hydrogen-bond acceptors (Lipinski definition) is 5. The van der Waals surface area contributed by atoms with Gasteiger partial charge in [-0.1, -0.05) is 60.2 Å². The SMILES string of the molecule is Cc1c(Cl)cccc1NC(=O)COC(=O)[C@H](Cc1ccccc1)N1C(=O)[C@H]2CC=CC[C@H]2C1=O. The summed E-state index contributed by atoms with van der Waals surface area (Å²) >= 11 is 6.08. The molecule has 0 saturated carbocycles. The summed E-state index contributed by atoms with van der Waals surface area (Å²) in [7, 11) is 0. The number of allylic oxidation sites excluding steroid dienone is 2. The van der Waals surface area contributed by atoms with Crippen LogP contribution in [0.15, 0.2) is 60.7 Å². The van der Waals surface area contributed by atoms with Crippen LogP contribution in [0.25, 0.3) is 0 Å². The van der Waals surface area contributed by atoms with Crippen LogP contribution in [0.2, 0.25) is 5.02 Å². The average Bonchev–Trinajstić information content (AvgIpc) is 3.09. The summed E-state index contributed by atoms with van der Waals surface area (Å²) in [4.78, 5) is 52.8. The van der Waals surface area contributed by atoms with Crippen LogP contribution in [0.3, 0.4) is 0 Å². The van der Waals surface area contributed by atoms with E-state index >= 15 is 0 Å². The fraction of sp³-hybridized carbons (Fsp3) is 0.308. The molecule has 2 aliphatic rings. The molecule has 1 heterocycles. The molecule has 2 aromatic rings. The van der Waals surface area contributed by atoms with Crippen molar-refractivity contribution < 1.29 is 23.9 Å². The smallest absolute Gasteiger partial charge is 0.330 e. The summed E-state index contributed by atoms with van der Waals surface area (Å²) in [5.41, 5.74) is 1.98. The highest BCUT2D eigenvalue weighted by molar-refractivity contribution is 6.31. The Bertz CT molecular complexity index is 1120. The van der Waals surface area contributed by atoms with Crippen molar-refractivity contribution in [3.05, 3.63) is 76.8 Å². The molecule has 1 saturated heterocycles. The molecule has 0 bridgehead atoms. The van der Waals surface area contributed by atoms with E-state index in [2.05, 4.69) is 5.32 Å². The second-order valence-corrected chi connectivity index (χ2v) is 8.88. The Balaban J connectivity index is 1.49. The van der Waals surface area contributed by atoms with Gasteiger partial charge in [0.1, 0.15) is 6.04 Å². The van der Waals surface area contributed by atoms with Gasteiger partial charge in [-0.05, 0) is 43.0 Å². The lowest BCUT2D eigenvalue weighted by molar-refractivity contribution is -0.159. The van der Waals surface area contributed by atoms with Crippen molar-refractivity contribution in [3.63, 3.8) is 0 Å². The van der Waals surface area contributed by atoms with E-state index in [1.807, 2.05) is 42.5 Å². The van der Waals surface area contributed by atoms with Gasteiger partial charge in [-0.2, -0.15) is 0 Å². The zero-order chi connectivity index (χ0) is 24.2. The van der Waals surface area contributed by atoms with Crippen molar-refractivity contribution in [1.29, 1.82) is 0 Å². The molecular formula is C26H25ClN2O5. The Morgan fingerprint density at radius 1 is 1.03 bits per heavy atom. The van der Waals surface area contributed by atoms with Crippen molar-refractivity contribution in [2.75, 3.05) is 11.9 Å². The van der Waals surface area contributed by atoms with Crippen LogP contribution in [0.5, 0.6) is 0 Å². The molecule has 3 atom stereocenters. The summed E-state index contributed by atoms with van der Waals surface area (Å²) in [5, 5.41) is 3.17. The van der Waals surface area contributed by atoms with Crippen LogP contribution < -0.4 is 5.32 Å². The van der Waals surface area contributed by atoms with Gasteiger partial charge in [-0.25, -0.2) is 4.79 Å². The molecule has 1 aliphatic carbocycles. The van der Waals surface area contributed by atoms with Gasteiger partial charge in [-0.3, -0.25) is 19.3 Å². The highest BCUT2D eigenvalue weighted by atomic mass is 35.5. The maximum absolute atomic E-state index is 13.1. The van der Waals surface area contributed by atoms with Crippen LogP contribution in [-0.4, -0.2) is 41.2 Å². The molecule has 3 amide bonds. The number of benzene rings is 2. The van der Waals surface area contributed by atoms with Crippen LogP contribution in [-0.2, 0) is 30.3 Å². The monoisotopic (exact) mass is 480 g/mol. The number of carbonyl (C=O) groups is 4. The zero-order valence-electron chi connectivity index (χ0n) is 18.7. The van der Waals surface area contributed by atoms with Crippen molar-refractivity contribution in [2.45, 2.75) is 32.2 Å². The maximum Gasteiger partial charge on any atom is 0.330 e. The lowest BCUT2D eigenvalue weighted by atomic mass is 9.85. The minimum absolute atomic E-state index is 0.110. The molecule has 4 rings (SSSR count). The first-order chi connectivity index (χ1) is 16.4. The number of amides is 3. The van der Waals surface area contributed by atoms with Crippen molar-refractivity contribution in [1.82, 2.24) is 4.90 Å². The molecule has 1 fully saturated rings. The van der Waals surface area contributed by atoms with Crippen LogP contribution in [0, 0.1) is 18.8 Å². The Morgan fingerprint density at radius 3 is 2.32 bits per heavy atom. The fourth-order valence-electron chi connectivity index (χ4n) is 4.41. The number of halogens is 1. The Labute approximate surface area is 202 Å². The third kappa shape index (κ3) is 4.89. The van der Waals surface area contributed by atoms with Gasteiger partial charge in [0, 0.05) is 17.1 Å². The number of anilines is 1. The summed E-state index contributed by atoms with van der Waals surface area (Å²) < 4.78 is 5.30. The standard InChI is InChI=1S/C26H25ClN2O5/c1-16-20(27)12-7-13-21(16)28-23(30)15-34-26(33)22(14-17-8-3-2-4-9-17)29-24(31)18-10-5-6-11-19(18)25(29)32/h2-9,12-13,18-19,22H,10-11,14-15H2,1H3,(H,28,30)/t18-,19+,22-/m0/s1. The molecule has 7 nitrogen and oxygen atoms in total. The second-order valence-electron chi connectivity index (χ2n) is 8.48. The van der Waals surface area contributed by atoms with E-state index in [9.17, 15) is 19.2 Å². The van der Waals surface area contributed by atoms with Gasteiger partial charge in [-0.15, -0.1) is 0 Å². The molecule has 8 heteroatoms. The zero-order valence-corrected chi connectivity index (χ0v) is 19.5. The number of ether oxygens (including phenoxy) is 1. The lowest BCUT2D eigenvalue weighted by Crippen LogP contribution is -2.48. The first-order valence-electron chi connectivity index (χ1n) is 11.1. The molecule has 34 heavy (non-hydrogen) atoms. The van der Waals surface area contributed by atoms with Crippen LogP contribution in [0.1, 0.15) is 24.0 Å². The predicted molar refractivity (Wildman–Crippen MR) is 127 cm³/mol. The van der Waals surface area contributed by atoms with E-state index in [-0.39, 0.29) is 18.2 Å². The third-order valence-corrected chi connectivity index (χ3v) is 6.69. The first kappa shape index (κ1) is 23.7. The third-order valence-electron chi connectivity index (χ3n) is 6.28. The molecule has 0 aromatic heterocycles. The van der Waals surface area contributed by atoms with Crippen LogP contribution >= 0.6 is 11.6 Å². The van der Waals surface area contributed by atoms with Gasteiger partial charge in [0.25, 0.3) is 5.91 Å². The van der Waals surface area contributed by atoms with E-state index < -0.39 is 36.4 Å². The molecule has 2 aromatic carbocycles. The van der Waals surface area contributed by atoms with E-state index in [4.69, 9.17) is 16.3 Å². The fourth-order valence-corrected chi connectivity index (χ4v) is 4.59. The number of nitrogens with one attached hydrogen (secondary N) is 1. The van der Waals surface area contributed by atoms with Gasteiger partial charge in [0.05, 0.1) is 11.8 Å². The number of fused-ring (bicyclic) bond motifs is 1. The average molecular weight is 481 g/mol. The highest BCUT2D eigenvalue weighted by Crippen LogP contribution is 2.36. The molecule has 176 valence electrons. The van der Waals surface area contributed by atoms with Gasteiger partial charge in [0.2, 0.25) is 11.8 Å². The number of imide groups is 1. The van der Waals surface area contributed by atoms with Crippen LogP contribution in [0.4, 0.5) is 5.69 Å². The summed E-state index contributed by atoms with van der Waals surface area (Å²) in [6.07, 6.45) is 4.84. The van der Waals surface area contributed by atoms with E-state index in [1.165, 1.54) is 0 Å². The van der Waals surface area contributed by atoms with Crippen molar-refractivity contribution >= 4 is 41.0 Å². The summed E-state index contributed by atoms with van der Waals surface area (Å²) in [6, 6.07) is 13.0. The van der Waals surface area contributed by atoms with Crippen molar-refractivity contribution in [2.24, 2.45) is 11.8 Å². The second kappa shape index (κ2) is 10.2. The molecule has 1 aliphatic heterocycles. The largest absolute Gasteiger partial charge is 0.454 e. The molecule has 1 N–H and O–H groups in total. The number of rotatable bonds is 7. The number of carbonyl (C=O) groups excluding carboxylic acids is 4. The summed E-state index contributed by atoms with van der Waals surface area (Å²) in [6.45, 7) is 1.21. The molecule has 0 radical (unpaired) electrons. The Kier molecular flexibility index (Phi) is 7.12. The quantitative estimate of drug-likeness (QED) is 0.370. The van der Waals surface area contributed by atoms with Gasteiger partial charge < -0.3 is 10.1 Å². The predicted octanol–water partition coefficient (Wildman–Crippen LogP) is 3.69. The number of likely N-dealkylation sites (tertiary alicyclic amines) is 1. The minimum Gasteiger partial charge on any atom is -0.454 e. The first-order valence-corrected chi connectivity index (χ1v) is 11.5. The maximum atomic E-state index is 13.1. The minimum atomic E-state index is -1.14. The van der Waals surface area contributed by atoms with E-state index in [0.29, 0.717) is 29.1 Å². The van der Waals surface area contributed by atoms with Crippen molar-refractivity contribution in [3.8, 4) is 0 Å².